The van der Waals surface area contributed by atoms with E-state index in [0.717, 1.165) is 29.7 Å². The molecule has 84 valence electrons. The number of H-pyrrole nitrogens is 1. The van der Waals surface area contributed by atoms with E-state index in [4.69, 9.17) is 5.73 Å². The fourth-order valence-corrected chi connectivity index (χ4v) is 1.88. The van der Waals surface area contributed by atoms with Crippen LogP contribution in [0.5, 0.6) is 0 Å². The summed E-state index contributed by atoms with van der Waals surface area (Å²) in [5.74, 6) is 0.584. The molecule has 0 aliphatic carbocycles. The minimum Gasteiger partial charge on any atom is -0.382 e. The lowest BCUT2D eigenvalue weighted by Gasteiger charge is -2.04. The Bertz CT molecular complexity index is 468. The van der Waals surface area contributed by atoms with Gasteiger partial charge in [-0.25, -0.2) is 0 Å². The van der Waals surface area contributed by atoms with Gasteiger partial charge >= 0.3 is 0 Å². The van der Waals surface area contributed by atoms with E-state index in [9.17, 15) is 0 Å². The van der Waals surface area contributed by atoms with E-state index in [1.54, 1.807) is 0 Å². The van der Waals surface area contributed by atoms with Crippen molar-refractivity contribution in [1.29, 1.82) is 0 Å². The first-order valence-corrected chi connectivity index (χ1v) is 5.68. The zero-order chi connectivity index (χ0) is 11.5. The van der Waals surface area contributed by atoms with E-state index >= 15 is 0 Å². The van der Waals surface area contributed by atoms with Gasteiger partial charge in [-0.1, -0.05) is 38.1 Å². The maximum atomic E-state index is 5.88. The van der Waals surface area contributed by atoms with E-state index in [0.29, 0.717) is 5.82 Å². The van der Waals surface area contributed by atoms with Crippen LogP contribution < -0.4 is 5.73 Å². The molecular formula is C13H17N3. The molecule has 3 N–H and O–H groups in total. The van der Waals surface area contributed by atoms with Gasteiger partial charge in [0.2, 0.25) is 0 Å². The van der Waals surface area contributed by atoms with Gasteiger partial charge in [0, 0.05) is 11.3 Å². The van der Waals surface area contributed by atoms with Crippen LogP contribution in [0.2, 0.25) is 0 Å². The number of aromatic amines is 1. The van der Waals surface area contributed by atoms with Crippen LogP contribution in [-0.4, -0.2) is 10.2 Å². The third kappa shape index (κ3) is 1.81. The van der Waals surface area contributed by atoms with Gasteiger partial charge in [-0.05, 0) is 24.0 Å². The SMILES string of the molecule is CCc1ccc(-c2c(N)n[nH]c2CC)cc1. The van der Waals surface area contributed by atoms with E-state index in [2.05, 4.69) is 48.3 Å². The highest BCUT2D eigenvalue weighted by Crippen LogP contribution is 2.28. The van der Waals surface area contributed by atoms with Crippen LogP contribution >= 0.6 is 0 Å². The Hall–Kier alpha value is -1.77. The molecule has 3 nitrogen and oxygen atoms in total. The third-order valence-corrected chi connectivity index (χ3v) is 2.87. The van der Waals surface area contributed by atoms with Crippen LogP contribution in [0.1, 0.15) is 25.1 Å². The van der Waals surface area contributed by atoms with Crippen molar-refractivity contribution in [2.75, 3.05) is 5.73 Å². The van der Waals surface area contributed by atoms with Crippen molar-refractivity contribution in [1.82, 2.24) is 10.2 Å². The molecule has 0 spiro atoms. The lowest BCUT2D eigenvalue weighted by molar-refractivity contribution is 0.978. The topological polar surface area (TPSA) is 54.7 Å². The fraction of sp³-hybridized carbons (Fsp3) is 0.308. The highest BCUT2D eigenvalue weighted by Gasteiger charge is 2.10. The molecule has 0 saturated carbocycles. The molecule has 0 amide bonds. The predicted molar refractivity (Wildman–Crippen MR) is 67.2 cm³/mol. The number of aryl methyl sites for hydroxylation is 2. The monoisotopic (exact) mass is 215 g/mol. The first kappa shape index (κ1) is 10.7. The quantitative estimate of drug-likeness (QED) is 0.827. The number of nitrogen functional groups attached to an aromatic ring is 1. The first-order valence-electron chi connectivity index (χ1n) is 5.68. The van der Waals surface area contributed by atoms with Crippen molar-refractivity contribution in [3.8, 4) is 11.1 Å². The molecule has 2 rings (SSSR count). The average molecular weight is 215 g/mol. The smallest absolute Gasteiger partial charge is 0.153 e. The van der Waals surface area contributed by atoms with Gasteiger partial charge in [0.15, 0.2) is 5.82 Å². The number of rotatable bonds is 3. The number of nitrogens with two attached hydrogens (primary N) is 1. The summed E-state index contributed by atoms with van der Waals surface area (Å²) >= 11 is 0. The van der Waals surface area contributed by atoms with Gasteiger partial charge in [-0.15, -0.1) is 0 Å². The molecule has 0 atom stereocenters. The number of aromatic nitrogens is 2. The van der Waals surface area contributed by atoms with Crippen LogP contribution in [0.15, 0.2) is 24.3 Å². The summed E-state index contributed by atoms with van der Waals surface area (Å²) < 4.78 is 0. The minimum absolute atomic E-state index is 0.584. The number of nitrogens with one attached hydrogen (secondary N) is 1. The standard InChI is InChI=1S/C13H17N3/c1-3-9-5-7-10(8-6-9)12-11(4-2)15-16-13(12)14/h5-8H,3-4H2,1-2H3,(H3,14,15,16). The predicted octanol–water partition coefficient (Wildman–Crippen LogP) is 2.78. The first-order chi connectivity index (χ1) is 7.76. The number of hydrogen-bond acceptors (Lipinski definition) is 2. The van der Waals surface area contributed by atoms with E-state index in [-0.39, 0.29) is 0 Å². The maximum Gasteiger partial charge on any atom is 0.153 e. The molecule has 0 fully saturated rings. The molecule has 0 radical (unpaired) electrons. The molecule has 2 aromatic rings. The molecule has 0 aliphatic rings. The van der Waals surface area contributed by atoms with Crippen molar-refractivity contribution in [2.24, 2.45) is 0 Å². The van der Waals surface area contributed by atoms with Crippen molar-refractivity contribution >= 4 is 5.82 Å². The van der Waals surface area contributed by atoms with Crippen molar-refractivity contribution < 1.29 is 0 Å². The van der Waals surface area contributed by atoms with Gasteiger partial charge in [-0.2, -0.15) is 5.10 Å². The summed E-state index contributed by atoms with van der Waals surface area (Å²) in [4.78, 5) is 0. The zero-order valence-electron chi connectivity index (χ0n) is 9.75. The minimum atomic E-state index is 0.584. The Morgan fingerprint density at radius 3 is 2.38 bits per heavy atom. The lowest BCUT2D eigenvalue weighted by atomic mass is 10.0. The van der Waals surface area contributed by atoms with E-state index in [1.165, 1.54) is 5.56 Å². The van der Waals surface area contributed by atoms with Gasteiger partial charge in [0.1, 0.15) is 0 Å². The Morgan fingerprint density at radius 2 is 1.81 bits per heavy atom. The highest BCUT2D eigenvalue weighted by atomic mass is 15.2. The summed E-state index contributed by atoms with van der Waals surface area (Å²) in [6, 6.07) is 8.50. The van der Waals surface area contributed by atoms with Gasteiger partial charge in [-0.3, -0.25) is 5.10 Å². The summed E-state index contributed by atoms with van der Waals surface area (Å²) in [5.41, 5.74) is 10.5. The molecule has 1 heterocycles. The lowest BCUT2D eigenvalue weighted by Crippen LogP contribution is -1.90. The molecule has 0 unspecified atom stereocenters. The van der Waals surface area contributed by atoms with Crippen LogP contribution in [0.4, 0.5) is 5.82 Å². The Labute approximate surface area is 95.7 Å². The maximum absolute atomic E-state index is 5.88. The van der Waals surface area contributed by atoms with Crippen LogP contribution in [0.25, 0.3) is 11.1 Å². The Kier molecular flexibility index (Phi) is 2.95. The number of nitrogens with zero attached hydrogens (tertiary/aromatic N) is 1. The summed E-state index contributed by atoms with van der Waals surface area (Å²) in [6.07, 6.45) is 1.97. The summed E-state index contributed by atoms with van der Waals surface area (Å²) in [7, 11) is 0. The van der Waals surface area contributed by atoms with Crippen LogP contribution in [-0.2, 0) is 12.8 Å². The molecule has 16 heavy (non-hydrogen) atoms. The number of hydrogen-bond donors (Lipinski definition) is 2. The Balaban J connectivity index is 2.45. The molecule has 1 aromatic carbocycles. The summed E-state index contributed by atoms with van der Waals surface area (Å²) in [6.45, 7) is 4.25. The van der Waals surface area contributed by atoms with Gasteiger partial charge < -0.3 is 5.73 Å². The fourth-order valence-electron chi connectivity index (χ4n) is 1.88. The second kappa shape index (κ2) is 4.39. The average Bonchev–Trinajstić information content (AvgIpc) is 2.70. The molecule has 0 bridgehead atoms. The van der Waals surface area contributed by atoms with Crippen molar-refractivity contribution in [3.05, 3.63) is 35.5 Å². The molecular weight excluding hydrogens is 198 g/mol. The van der Waals surface area contributed by atoms with Gasteiger partial charge in [0.25, 0.3) is 0 Å². The zero-order valence-corrected chi connectivity index (χ0v) is 9.75. The second-order valence-electron chi connectivity index (χ2n) is 3.87. The van der Waals surface area contributed by atoms with Crippen molar-refractivity contribution in [3.63, 3.8) is 0 Å². The molecule has 0 aliphatic heterocycles. The van der Waals surface area contributed by atoms with Crippen LogP contribution in [0.3, 0.4) is 0 Å². The number of anilines is 1. The molecule has 0 saturated heterocycles. The van der Waals surface area contributed by atoms with E-state index < -0.39 is 0 Å². The Morgan fingerprint density at radius 1 is 1.12 bits per heavy atom. The normalized spacial score (nSPS) is 10.6. The molecule has 1 aromatic heterocycles. The van der Waals surface area contributed by atoms with Crippen LogP contribution in [0, 0.1) is 0 Å². The molecule has 3 heteroatoms. The third-order valence-electron chi connectivity index (χ3n) is 2.87. The van der Waals surface area contributed by atoms with E-state index in [1.807, 2.05) is 0 Å². The largest absolute Gasteiger partial charge is 0.382 e. The number of benzene rings is 1. The van der Waals surface area contributed by atoms with Crippen molar-refractivity contribution in [2.45, 2.75) is 26.7 Å². The highest BCUT2D eigenvalue weighted by molar-refractivity contribution is 5.76. The van der Waals surface area contributed by atoms with Gasteiger partial charge in [0.05, 0.1) is 0 Å². The second-order valence-corrected chi connectivity index (χ2v) is 3.87. The summed E-state index contributed by atoms with van der Waals surface area (Å²) in [5, 5.41) is 7.03.